The predicted octanol–water partition coefficient (Wildman–Crippen LogP) is 4.15. The Morgan fingerprint density at radius 2 is 1.85 bits per heavy atom. The van der Waals surface area contributed by atoms with Crippen molar-refractivity contribution in [3.63, 3.8) is 0 Å². The highest BCUT2D eigenvalue weighted by Crippen LogP contribution is 2.39. The van der Waals surface area contributed by atoms with Crippen LogP contribution in [0.2, 0.25) is 0 Å². The van der Waals surface area contributed by atoms with Crippen molar-refractivity contribution in [1.82, 2.24) is 15.2 Å². The molecule has 0 unspecified atom stereocenters. The first-order valence-corrected chi connectivity index (χ1v) is 8.97. The van der Waals surface area contributed by atoms with E-state index >= 15 is 0 Å². The lowest BCUT2D eigenvalue weighted by Crippen LogP contribution is -2.15. The minimum Gasteiger partial charge on any atom is -0.325 e. The molecule has 0 bridgehead atoms. The number of anilines is 1. The summed E-state index contributed by atoms with van der Waals surface area (Å²) in [5.41, 5.74) is 4.88. The van der Waals surface area contributed by atoms with E-state index in [9.17, 15) is 4.79 Å². The fourth-order valence-corrected chi connectivity index (χ4v) is 2.97. The van der Waals surface area contributed by atoms with Gasteiger partial charge in [0.15, 0.2) is 5.82 Å². The quantitative estimate of drug-likeness (QED) is 0.729. The summed E-state index contributed by atoms with van der Waals surface area (Å²) < 4.78 is 0. The van der Waals surface area contributed by atoms with Crippen LogP contribution in [0.3, 0.4) is 0 Å². The Balaban J connectivity index is 1.55. The van der Waals surface area contributed by atoms with E-state index in [1.165, 1.54) is 18.4 Å². The molecule has 0 radical (unpaired) electrons. The summed E-state index contributed by atoms with van der Waals surface area (Å²) in [6.07, 6.45) is 2.68. The molecule has 0 atom stereocenters. The van der Waals surface area contributed by atoms with E-state index in [2.05, 4.69) is 20.5 Å². The van der Waals surface area contributed by atoms with Gasteiger partial charge in [-0.2, -0.15) is 5.10 Å². The maximum absolute atomic E-state index is 12.5. The Bertz CT molecular complexity index is 939. The van der Waals surface area contributed by atoms with E-state index in [-0.39, 0.29) is 5.91 Å². The molecule has 2 aromatic carbocycles. The van der Waals surface area contributed by atoms with Gasteiger partial charge in [0.2, 0.25) is 5.91 Å². The highest BCUT2D eigenvalue weighted by molar-refractivity contribution is 5.96. The molecule has 2 N–H and O–H groups in total. The van der Waals surface area contributed by atoms with Gasteiger partial charge in [-0.3, -0.25) is 9.89 Å². The predicted molar refractivity (Wildman–Crippen MR) is 102 cm³/mol. The number of H-pyrrole nitrogens is 1. The average molecular weight is 346 g/mol. The Kier molecular flexibility index (Phi) is 4.29. The number of aryl methyl sites for hydroxylation is 2. The maximum Gasteiger partial charge on any atom is 0.228 e. The van der Waals surface area contributed by atoms with Gasteiger partial charge in [0.25, 0.3) is 0 Å². The van der Waals surface area contributed by atoms with E-state index in [1.54, 1.807) is 0 Å². The second-order valence-corrected chi connectivity index (χ2v) is 7.08. The number of hydrogen-bond acceptors (Lipinski definition) is 3. The molecule has 0 saturated heterocycles. The Morgan fingerprint density at radius 3 is 2.58 bits per heavy atom. The number of hydrogen-bond donors (Lipinski definition) is 2. The second kappa shape index (κ2) is 6.75. The van der Waals surface area contributed by atoms with Crippen molar-refractivity contribution in [2.24, 2.45) is 0 Å². The molecule has 4 rings (SSSR count). The number of aromatic nitrogens is 3. The molecule has 5 heteroatoms. The first kappa shape index (κ1) is 16.5. The molecule has 5 nitrogen and oxygen atoms in total. The van der Waals surface area contributed by atoms with E-state index in [0.717, 1.165) is 28.2 Å². The van der Waals surface area contributed by atoms with Crippen LogP contribution < -0.4 is 5.32 Å². The highest BCUT2D eigenvalue weighted by Gasteiger charge is 2.27. The van der Waals surface area contributed by atoms with Gasteiger partial charge in [0, 0.05) is 11.5 Å². The van der Waals surface area contributed by atoms with Crippen LogP contribution in [-0.2, 0) is 11.2 Å². The fourth-order valence-electron chi connectivity index (χ4n) is 2.97. The topological polar surface area (TPSA) is 70.7 Å². The smallest absolute Gasteiger partial charge is 0.228 e. The molecule has 132 valence electrons. The Morgan fingerprint density at radius 1 is 1.12 bits per heavy atom. The van der Waals surface area contributed by atoms with Gasteiger partial charge >= 0.3 is 0 Å². The number of carbonyl (C=O) groups is 1. The monoisotopic (exact) mass is 346 g/mol. The average Bonchev–Trinajstić information content (AvgIpc) is 3.36. The molecule has 1 heterocycles. The maximum atomic E-state index is 12.5. The van der Waals surface area contributed by atoms with Crippen LogP contribution in [-0.4, -0.2) is 21.1 Å². The number of nitrogens with zero attached hydrogens (tertiary/aromatic N) is 2. The zero-order chi connectivity index (χ0) is 18.1. The van der Waals surface area contributed by atoms with E-state index in [1.807, 2.05) is 56.3 Å². The van der Waals surface area contributed by atoms with Crippen molar-refractivity contribution in [1.29, 1.82) is 0 Å². The number of nitrogens with one attached hydrogen (secondary N) is 2. The lowest BCUT2D eigenvalue weighted by Gasteiger charge is -2.10. The third kappa shape index (κ3) is 3.67. The van der Waals surface area contributed by atoms with Gasteiger partial charge < -0.3 is 5.32 Å². The van der Waals surface area contributed by atoms with Gasteiger partial charge in [0.1, 0.15) is 5.82 Å². The van der Waals surface area contributed by atoms with Crippen LogP contribution in [0.4, 0.5) is 5.69 Å². The summed E-state index contributed by atoms with van der Waals surface area (Å²) in [7, 11) is 0. The van der Waals surface area contributed by atoms with Crippen LogP contribution in [0.25, 0.3) is 11.4 Å². The van der Waals surface area contributed by atoms with Crippen molar-refractivity contribution in [2.45, 2.75) is 39.0 Å². The lowest BCUT2D eigenvalue weighted by molar-refractivity contribution is -0.115. The Labute approximate surface area is 152 Å². The number of aromatic amines is 1. The number of benzene rings is 2. The van der Waals surface area contributed by atoms with E-state index in [0.29, 0.717) is 18.2 Å². The number of amides is 1. The Hall–Kier alpha value is -2.95. The van der Waals surface area contributed by atoms with Crippen molar-refractivity contribution < 1.29 is 4.79 Å². The first-order chi connectivity index (χ1) is 12.6. The molecule has 0 spiro atoms. The van der Waals surface area contributed by atoms with Crippen LogP contribution in [0, 0.1) is 13.8 Å². The van der Waals surface area contributed by atoms with Crippen molar-refractivity contribution >= 4 is 11.6 Å². The largest absolute Gasteiger partial charge is 0.325 e. The summed E-state index contributed by atoms with van der Waals surface area (Å²) in [6.45, 7) is 4.06. The summed E-state index contributed by atoms with van der Waals surface area (Å²) >= 11 is 0. The third-order valence-corrected chi connectivity index (χ3v) is 4.64. The van der Waals surface area contributed by atoms with Gasteiger partial charge in [-0.25, -0.2) is 4.98 Å². The summed E-state index contributed by atoms with van der Waals surface area (Å²) in [5.74, 6) is 2.05. The van der Waals surface area contributed by atoms with E-state index in [4.69, 9.17) is 0 Å². The molecule has 1 saturated carbocycles. The lowest BCUT2D eigenvalue weighted by atomic mass is 10.1. The van der Waals surface area contributed by atoms with Crippen LogP contribution in [0.5, 0.6) is 0 Å². The molecule has 1 aliphatic rings. The van der Waals surface area contributed by atoms with Gasteiger partial charge in [-0.1, -0.05) is 41.5 Å². The highest BCUT2D eigenvalue weighted by atomic mass is 16.1. The van der Waals surface area contributed by atoms with Crippen LogP contribution in [0.15, 0.2) is 42.5 Å². The van der Waals surface area contributed by atoms with Gasteiger partial charge in [-0.15, -0.1) is 0 Å². The molecule has 1 aromatic heterocycles. The number of rotatable bonds is 5. The zero-order valence-electron chi connectivity index (χ0n) is 15.0. The minimum absolute atomic E-state index is 0.0445. The van der Waals surface area contributed by atoms with Crippen molar-refractivity contribution in [3.8, 4) is 11.4 Å². The fraction of sp³-hybridized carbons (Fsp3) is 0.286. The molecule has 26 heavy (non-hydrogen) atoms. The second-order valence-electron chi connectivity index (χ2n) is 7.08. The zero-order valence-corrected chi connectivity index (χ0v) is 15.0. The first-order valence-electron chi connectivity index (χ1n) is 8.97. The van der Waals surface area contributed by atoms with Crippen LogP contribution >= 0.6 is 0 Å². The van der Waals surface area contributed by atoms with Crippen molar-refractivity contribution in [3.05, 3.63) is 65.0 Å². The van der Waals surface area contributed by atoms with Gasteiger partial charge in [-0.05, 0) is 44.4 Å². The van der Waals surface area contributed by atoms with Crippen LogP contribution in [0.1, 0.15) is 41.3 Å². The molecule has 3 aromatic rings. The summed E-state index contributed by atoms with van der Waals surface area (Å²) in [6, 6.07) is 13.9. The summed E-state index contributed by atoms with van der Waals surface area (Å²) in [4.78, 5) is 17.1. The SMILES string of the molecule is Cc1ccc(CC(=O)Nc2ccc(C)cc2-c2n[nH]c(C3CC3)n2)cc1. The van der Waals surface area contributed by atoms with Gasteiger partial charge in [0.05, 0.1) is 12.1 Å². The standard InChI is InChI=1S/C21H22N4O/c1-13-3-6-15(7-4-13)12-19(26)22-18-10-5-14(2)11-17(18)21-23-20(24-25-21)16-8-9-16/h3-7,10-11,16H,8-9,12H2,1-2H3,(H,22,26)(H,23,24,25). The number of carbonyl (C=O) groups excluding carboxylic acids is 1. The molecular formula is C21H22N4O. The van der Waals surface area contributed by atoms with Crippen molar-refractivity contribution in [2.75, 3.05) is 5.32 Å². The molecule has 0 aliphatic heterocycles. The molecule has 1 fully saturated rings. The molecule has 1 aliphatic carbocycles. The van der Waals surface area contributed by atoms with E-state index < -0.39 is 0 Å². The molecule has 1 amide bonds. The summed E-state index contributed by atoms with van der Waals surface area (Å²) in [5, 5.41) is 10.4. The minimum atomic E-state index is -0.0445. The normalized spacial score (nSPS) is 13.6. The molecular weight excluding hydrogens is 324 g/mol. The third-order valence-electron chi connectivity index (χ3n) is 4.64.